The monoisotopic (exact) mass is 386 g/mol. The summed E-state index contributed by atoms with van der Waals surface area (Å²) < 4.78 is 20.3. The van der Waals surface area contributed by atoms with Gasteiger partial charge in [-0.3, -0.25) is 0 Å². The van der Waals surface area contributed by atoms with Gasteiger partial charge in [0.25, 0.3) is 0 Å². The largest absolute Gasteiger partial charge is 0.486 e. The highest BCUT2D eigenvalue weighted by Crippen LogP contribution is 2.20. The van der Waals surface area contributed by atoms with Crippen LogP contribution in [0.1, 0.15) is 11.1 Å². The zero-order valence-corrected chi connectivity index (χ0v) is 12.5. The van der Waals surface area contributed by atoms with E-state index < -0.39 is 5.82 Å². The van der Waals surface area contributed by atoms with Crippen LogP contribution in [0, 0.1) is 9.39 Å². The molecule has 0 heterocycles. The van der Waals surface area contributed by atoms with Crippen LogP contribution in [0.2, 0.25) is 0 Å². The van der Waals surface area contributed by atoms with Crippen molar-refractivity contribution in [3.63, 3.8) is 0 Å². The maximum atomic E-state index is 13.8. The summed E-state index contributed by atoms with van der Waals surface area (Å²) in [5, 5.41) is 11.3. The van der Waals surface area contributed by atoms with Crippen LogP contribution in [-0.2, 0) is 6.61 Å². The third-order valence-corrected chi connectivity index (χ3v) is 3.36. The molecule has 0 saturated heterocycles. The Balaban J connectivity index is 2.08. The van der Waals surface area contributed by atoms with Gasteiger partial charge in [0.2, 0.25) is 0 Å². The smallest absolute Gasteiger partial charge is 0.170 e. The number of amidine groups is 1. The lowest BCUT2D eigenvalue weighted by Crippen LogP contribution is -2.13. The molecule has 6 heteroatoms. The lowest BCUT2D eigenvalue weighted by Gasteiger charge is -2.08. The topological polar surface area (TPSA) is 67.8 Å². The lowest BCUT2D eigenvalue weighted by molar-refractivity contribution is 0.290. The van der Waals surface area contributed by atoms with E-state index >= 15 is 0 Å². The Kier molecular flexibility index (Phi) is 4.78. The minimum Gasteiger partial charge on any atom is -0.486 e. The number of nitrogens with zero attached hydrogens (tertiary/aromatic N) is 1. The summed E-state index contributed by atoms with van der Waals surface area (Å²) in [5.74, 6) is -0.578. The van der Waals surface area contributed by atoms with Crippen LogP contribution in [0.15, 0.2) is 47.6 Å². The molecule has 2 aromatic rings. The van der Waals surface area contributed by atoms with Gasteiger partial charge in [0.15, 0.2) is 17.4 Å². The van der Waals surface area contributed by atoms with Crippen molar-refractivity contribution in [2.45, 2.75) is 6.61 Å². The highest BCUT2D eigenvalue weighted by atomic mass is 127. The molecule has 0 aromatic heterocycles. The van der Waals surface area contributed by atoms with E-state index in [9.17, 15) is 4.39 Å². The van der Waals surface area contributed by atoms with Gasteiger partial charge in [0.05, 0.1) is 0 Å². The van der Waals surface area contributed by atoms with Crippen molar-refractivity contribution < 1.29 is 14.3 Å². The first-order chi connectivity index (χ1) is 9.60. The van der Waals surface area contributed by atoms with E-state index in [4.69, 9.17) is 15.7 Å². The van der Waals surface area contributed by atoms with Crippen LogP contribution in [0.25, 0.3) is 0 Å². The summed E-state index contributed by atoms with van der Waals surface area (Å²) in [5.41, 5.74) is 6.63. The maximum absolute atomic E-state index is 13.8. The van der Waals surface area contributed by atoms with Crippen LogP contribution < -0.4 is 10.5 Å². The van der Waals surface area contributed by atoms with Gasteiger partial charge >= 0.3 is 0 Å². The van der Waals surface area contributed by atoms with E-state index in [2.05, 4.69) is 27.7 Å². The number of nitrogens with two attached hydrogens (primary N) is 1. The molecule has 0 spiro atoms. The fourth-order valence-corrected chi connectivity index (χ4v) is 1.94. The number of ether oxygens (including phenoxy) is 1. The summed E-state index contributed by atoms with van der Waals surface area (Å²) >= 11 is 2.21. The lowest BCUT2D eigenvalue weighted by atomic mass is 10.2. The molecule has 0 aliphatic heterocycles. The molecule has 0 unspecified atom stereocenters. The fourth-order valence-electron chi connectivity index (χ4n) is 1.58. The zero-order valence-electron chi connectivity index (χ0n) is 10.4. The molecule has 0 saturated carbocycles. The van der Waals surface area contributed by atoms with Gasteiger partial charge < -0.3 is 15.7 Å². The van der Waals surface area contributed by atoms with Crippen molar-refractivity contribution >= 4 is 28.4 Å². The molecule has 0 amide bonds. The molecule has 0 bridgehead atoms. The number of hydrogen-bond donors (Lipinski definition) is 2. The molecule has 0 aliphatic rings. The first kappa shape index (κ1) is 14.6. The molecule has 4 nitrogen and oxygen atoms in total. The maximum Gasteiger partial charge on any atom is 0.170 e. The Morgan fingerprint density at radius 1 is 1.25 bits per heavy atom. The highest BCUT2D eigenvalue weighted by Gasteiger charge is 2.07. The van der Waals surface area contributed by atoms with Crippen LogP contribution in [0.4, 0.5) is 4.39 Å². The van der Waals surface area contributed by atoms with Gasteiger partial charge in [0.1, 0.15) is 6.61 Å². The summed E-state index contributed by atoms with van der Waals surface area (Å²) in [6, 6.07) is 11.9. The molecule has 2 rings (SSSR count). The highest BCUT2D eigenvalue weighted by molar-refractivity contribution is 14.1. The van der Waals surface area contributed by atoms with Crippen LogP contribution in [0.5, 0.6) is 5.75 Å². The van der Waals surface area contributed by atoms with Crippen molar-refractivity contribution in [2.75, 3.05) is 0 Å². The average Bonchev–Trinajstić information content (AvgIpc) is 2.46. The SMILES string of the molecule is N/C(=N/O)c1ccc(OCc2ccc(I)cc2)c(F)c1. The molecule has 104 valence electrons. The third kappa shape index (κ3) is 3.60. The van der Waals surface area contributed by atoms with E-state index in [1.165, 1.54) is 12.1 Å². The van der Waals surface area contributed by atoms with E-state index in [0.717, 1.165) is 15.2 Å². The third-order valence-electron chi connectivity index (χ3n) is 2.64. The normalized spacial score (nSPS) is 11.4. The van der Waals surface area contributed by atoms with Crippen molar-refractivity contribution in [1.29, 1.82) is 0 Å². The fraction of sp³-hybridized carbons (Fsp3) is 0.0714. The second kappa shape index (κ2) is 6.56. The second-order valence-electron chi connectivity index (χ2n) is 4.05. The van der Waals surface area contributed by atoms with Crippen molar-refractivity contribution in [1.82, 2.24) is 0 Å². The first-order valence-electron chi connectivity index (χ1n) is 5.75. The van der Waals surface area contributed by atoms with Gasteiger partial charge in [-0.2, -0.15) is 0 Å². The summed E-state index contributed by atoms with van der Waals surface area (Å²) in [6.07, 6.45) is 0. The van der Waals surface area contributed by atoms with Gasteiger partial charge in [-0.1, -0.05) is 17.3 Å². The minimum absolute atomic E-state index is 0.123. The van der Waals surface area contributed by atoms with Gasteiger partial charge in [-0.05, 0) is 58.5 Å². The predicted octanol–water partition coefficient (Wildman–Crippen LogP) is 3.10. The Labute approximate surface area is 129 Å². The van der Waals surface area contributed by atoms with Gasteiger partial charge in [0, 0.05) is 9.13 Å². The van der Waals surface area contributed by atoms with Crippen LogP contribution in [0.3, 0.4) is 0 Å². The Hall–Kier alpha value is -1.83. The molecule has 0 radical (unpaired) electrons. The molecular formula is C14H12FIN2O2. The standard InChI is InChI=1S/C14H12FIN2O2/c15-12-7-10(14(17)18-19)3-6-13(12)20-8-9-1-4-11(16)5-2-9/h1-7,19H,8H2,(H2,17,18). The number of benzene rings is 2. The van der Waals surface area contributed by atoms with E-state index in [1.54, 1.807) is 0 Å². The summed E-state index contributed by atoms with van der Waals surface area (Å²) in [4.78, 5) is 0. The molecule has 2 aromatic carbocycles. The zero-order chi connectivity index (χ0) is 14.5. The minimum atomic E-state index is -0.556. The number of hydrogen-bond acceptors (Lipinski definition) is 3. The Bertz CT molecular complexity index is 630. The molecule has 20 heavy (non-hydrogen) atoms. The Morgan fingerprint density at radius 3 is 2.55 bits per heavy atom. The number of oxime groups is 1. The molecule has 0 fully saturated rings. The molecule has 0 aliphatic carbocycles. The van der Waals surface area contributed by atoms with Gasteiger partial charge in [-0.15, -0.1) is 0 Å². The van der Waals surface area contributed by atoms with E-state index in [0.29, 0.717) is 5.56 Å². The quantitative estimate of drug-likeness (QED) is 0.279. The predicted molar refractivity (Wildman–Crippen MR) is 82.4 cm³/mol. The van der Waals surface area contributed by atoms with Crippen molar-refractivity contribution in [3.05, 3.63) is 63.0 Å². The first-order valence-corrected chi connectivity index (χ1v) is 6.82. The van der Waals surface area contributed by atoms with Crippen LogP contribution >= 0.6 is 22.6 Å². The average molecular weight is 386 g/mol. The number of rotatable bonds is 4. The Morgan fingerprint density at radius 2 is 1.95 bits per heavy atom. The summed E-state index contributed by atoms with van der Waals surface area (Å²) in [6.45, 7) is 0.275. The van der Waals surface area contributed by atoms with Crippen molar-refractivity contribution in [3.8, 4) is 5.75 Å². The summed E-state index contributed by atoms with van der Waals surface area (Å²) in [7, 11) is 0. The van der Waals surface area contributed by atoms with Crippen molar-refractivity contribution in [2.24, 2.45) is 10.9 Å². The van der Waals surface area contributed by atoms with E-state index in [-0.39, 0.29) is 18.2 Å². The van der Waals surface area contributed by atoms with Gasteiger partial charge in [-0.25, -0.2) is 4.39 Å². The van der Waals surface area contributed by atoms with E-state index in [1.807, 2.05) is 24.3 Å². The molecular weight excluding hydrogens is 374 g/mol. The molecule has 3 N–H and O–H groups in total. The van der Waals surface area contributed by atoms with Crippen LogP contribution in [-0.4, -0.2) is 11.0 Å². The second-order valence-corrected chi connectivity index (χ2v) is 5.29. The number of halogens is 2. The molecule has 0 atom stereocenters.